The molecule has 0 amide bonds. The normalized spacial score (nSPS) is 12.9. The van der Waals surface area contributed by atoms with Gasteiger partial charge >= 0.3 is 213 Å². The molecule has 0 atom stereocenters. The summed E-state index contributed by atoms with van der Waals surface area (Å²) in [5, 5.41) is 4.83. The fourth-order valence-electron chi connectivity index (χ4n) is 4.54. The number of halogens is 3. The van der Waals surface area contributed by atoms with Gasteiger partial charge in [0.2, 0.25) is 0 Å². The zero-order valence-corrected chi connectivity index (χ0v) is 21.7. The van der Waals surface area contributed by atoms with Gasteiger partial charge in [0.25, 0.3) is 0 Å². The van der Waals surface area contributed by atoms with Crippen molar-refractivity contribution >= 4 is 71.5 Å². The van der Waals surface area contributed by atoms with Gasteiger partial charge in [0.1, 0.15) is 0 Å². The van der Waals surface area contributed by atoms with Crippen LogP contribution < -0.4 is 15.9 Å². The van der Waals surface area contributed by atoms with E-state index in [1.807, 2.05) is 30.3 Å². The van der Waals surface area contributed by atoms with Crippen LogP contribution in [0.2, 0.25) is 5.15 Å². The fourth-order valence-corrected chi connectivity index (χ4v) is 11.3. The number of rotatable bonds is 5. The van der Waals surface area contributed by atoms with Gasteiger partial charge in [-0.05, 0) is 0 Å². The van der Waals surface area contributed by atoms with E-state index in [9.17, 15) is 0 Å². The van der Waals surface area contributed by atoms with Crippen LogP contribution in [0.4, 0.5) is 0 Å². The summed E-state index contributed by atoms with van der Waals surface area (Å²) in [7, 11) is 0. The second kappa shape index (κ2) is 8.85. The average Bonchev–Trinajstić information content (AvgIpc) is 2.86. The molecule has 0 aliphatic rings. The SMILES string of the molecule is Clc1nc2ccc(Br)cc2cc1CP(Cl)(c1ccccc1)(c1ccccc1)c1ccccc1. The molecule has 0 saturated carbocycles. The summed E-state index contributed by atoms with van der Waals surface area (Å²) in [4.78, 5) is 4.72. The monoisotopic (exact) mass is 551 g/mol. The van der Waals surface area contributed by atoms with Gasteiger partial charge in [-0.3, -0.25) is 0 Å². The van der Waals surface area contributed by atoms with Gasteiger partial charge in [0.15, 0.2) is 0 Å². The number of pyridine rings is 1. The van der Waals surface area contributed by atoms with Gasteiger partial charge in [-0.15, -0.1) is 0 Å². The van der Waals surface area contributed by atoms with Gasteiger partial charge in [0, 0.05) is 0 Å². The summed E-state index contributed by atoms with van der Waals surface area (Å²) in [5.41, 5.74) is 1.80. The van der Waals surface area contributed by atoms with Gasteiger partial charge in [0.05, 0.1) is 0 Å². The summed E-state index contributed by atoms with van der Waals surface area (Å²) in [5.74, 6) is -3.48. The Bertz CT molecular complexity index is 1330. The Morgan fingerprint density at radius 3 is 1.64 bits per heavy atom. The Morgan fingerprint density at radius 1 is 0.667 bits per heavy atom. The molecule has 33 heavy (non-hydrogen) atoms. The van der Waals surface area contributed by atoms with E-state index in [0.29, 0.717) is 11.3 Å². The van der Waals surface area contributed by atoms with Crippen LogP contribution in [0.15, 0.2) is 120 Å². The summed E-state index contributed by atoms with van der Waals surface area (Å²) in [6, 6.07) is 39.4. The molecule has 1 aromatic heterocycles. The molecule has 0 bridgehead atoms. The number of aromatic nitrogens is 1. The van der Waals surface area contributed by atoms with Crippen molar-refractivity contribution < 1.29 is 0 Å². The van der Waals surface area contributed by atoms with Gasteiger partial charge in [-0.25, -0.2) is 0 Å². The van der Waals surface area contributed by atoms with Crippen LogP contribution in [0.5, 0.6) is 0 Å². The molecule has 0 fully saturated rings. The summed E-state index contributed by atoms with van der Waals surface area (Å²) in [6.45, 7) is 0. The summed E-state index contributed by atoms with van der Waals surface area (Å²) in [6.07, 6.45) is 0.555. The second-order valence-electron chi connectivity index (χ2n) is 8.12. The van der Waals surface area contributed by atoms with E-state index in [0.717, 1.165) is 36.9 Å². The minimum absolute atomic E-state index is 0.488. The van der Waals surface area contributed by atoms with E-state index < -0.39 is 5.96 Å². The van der Waals surface area contributed by atoms with E-state index >= 15 is 0 Å². The zero-order valence-electron chi connectivity index (χ0n) is 17.7. The van der Waals surface area contributed by atoms with Crippen molar-refractivity contribution in [2.75, 3.05) is 0 Å². The van der Waals surface area contributed by atoms with Crippen molar-refractivity contribution in [3.8, 4) is 0 Å². The number of nitrogens with zero attached hydrogens (tertiary/aromatic N) is 1. The number of fused-ring (bicyclic) bond motifs is 1. The molecule has 1 nitrogen and oxygen atoms in total. The van der Waals surface area contributed by atoms with Crippen molar-refractivity contribution in [2.45, 2.75) is 6.16 Å². The Hall–Kier alpha value is -2.22. The molecular weight excluding hydrogens is 532 g/mol. The molecule has 164 valence electrons. The molecule has 0 saturated heterocycles. The fraction of sp³-hybridized carbons (Fsp3) is 0.0357. The predicted molar refractivity (Wildman–Crippen MR) is 149 cm³/mol. The molecule has 1 heterocycles. The van der Waals surface area contributed by atoms with E-state index in [4.69, 9.17) is 27.8 Å². The number of hydrogen-bond acceptors (Lipinski definition) is 1. The van der Waals surface area contributed by atoms with Gasteiger partial charge in [-0.1, -0.05) is 0 Å². The molecule has 0 aliphatic carbocycles. The summed E-state index contributed by atoms with van der Waals surface area (Å²) < 4.78 is 1.00. The molecule has 0 unspecified atom stereocenters. The molecule has 5 aromatic rings. The first-order valence-corrected chi connectivity index (χ1v) is 15.1. The van der Waals surface area contributed by atoms with Crippen LogP contribution in [-0.2, 0) is 6.16 Å². The van der Waals surface area contributed by atoms with Crippen LogP contribution >= 0.6 is 44.7 Å². The predicted octanol–water partition coefficient (Wildman–Crippen LogP) is 7.83. The third-order valence-electron chi connectivity index (χ3n) is 6.15. The van der Waals surface area contributed by atoms with Crippen LogP contribution in [0.1, 0.15) is 5.56 Å². The van der Waals surface area contributed by atoms with Crippen molar-refractivity contribution in [3.63, 3.8) is 0 Å². The quantitative estimate of drug-likeness (QED) is 0.160. The van der Waals surface area contributed by atoms with Crippen LogP contribution in [-0.4, -0.2) is 4.98 Å². The van der Waals surface area contributed by atoms with Gasteiger partial charge in [-0.2, -0.15) is 0 Å². The third-order valence-corrected chi connectivity index (χ3v) is 14.1. The Kier molecular flexibility index (Phi) is 6.05. The number of benzene rings is 4. The maximum absolute atomic E-state index is 8.20. The molecule has 0 radical (unpaired) electrons. The standard InChI is InChI=1S/C28H21BrCl2NP/c29-23-16-17-27-21(19-23)18-22(28(30)32-27)20-33(31,24-10-4-1-5-11-24,25-12-6-2-7-13-25)26-14-8-3-9-15-26/h1-19H,20H2. The first-order chi connectivity index (χ1) is 16.0. The molecule has 5 rings (SSSR count). The van der Waals surface area contributed by atoms with Crippen LogP contribution in [0, 0.1) is 0 Å². The average molecular weight is 553 g/mol. The summed E-state index contributed by atoms with van der Waals surface area (Å²) >= 11 is 18.6. The molecule has 0 spiro atoms. The first-order valence-electron chi connectivity index (χ1n) is 10.6. The van der Waals surface area contributed by atoms with Crippen molar-refractivity contribution in [1.82, 2.24) is 4.98 Å². The van der Waals surface area contributed by atoms with Gasteiger partial charge < -0.3 is 0 Å². The van der Waals surface area contributed by atoms with E-state index in [2.05, 4.69) is 101 Å². The van der Waals surface area contributed by atoms with Crippen molar-refractivity contribution in [2.24, 2.45) is 0 Å². The van der Waals surface area contributed by atoms with Crippen molar-refractivity contribution in [1.29, 1.82) is 0 Å². The van der Waals surface area contributed by atoms with E-state index in [1.165, 1.54) is 0 Å². The first kappa shape index (κ1) is 22.6. The maximum atomic E-state index is 8.20. The number of hydrogen-bond donors (Lipinski definition) is 0. The molecule has 4 aromatic carbocycles. The van der Waals surface area contributed by atoms with E-state index in [-0.39, 0.29) is 0 Å². The Balaban J connectivity index is 1.86. The Labute approximate surface area is 212 Å². The third kappa shape index (κ3) is 3.90. The molecular formula is C28H21BrCl2NP. The molecule has 5 heteroatoms. The van der Waals surface area contributed by atoms with Crippen molar-refractivity contribution in [3.05, 3.63) is 130 Å². The minimum atomic E-state index is -3.48. The van der Waals surface area contributed by atoms with Crippen LogP contribution in [0.25, 0.3) is 10.9 Å². The topological polar surface area (TPSA) is 12.9 Å². The Morgan fingerprint density at radius 2 is 1.15 bits per heavy atom. The van der Waals surface area contributed by atoms with E-state index in [1.54, 1.807) is 0 Å². The zero-order chi connectivity index (χ0) is 22.9. The van der Waals surface area contributed by atoms with Crippen LogP contribution in [0.3, 0.4) is 0 Å². The second-order valence-corrected chi connectivity index (χ2v) is 15.9. The molecule has 0 N–H and O–H groups in total. The molecule has 0 aliphatic heterocycles.